The molecule has 0 saturated heterocycles. The average Bonchev–Trinajstić information content (AvgIpc) is 2.37. The molecule has 1 rings (SSSR count). The number of phenols is 1. The maximum Gasteiger partial charge on any atom is 0.339 e. The molecule has 7 nitrogen and oxygen atoms in total. The second-order valence-electron chi connectivity index (χ2n) is 3.50. The maximum atomic E-state index is 11.5. The number of alkyl halides is 1. The molecule has 0 unspecified atom stereocenters. The Labute approximate surface area is 122 Å². The third-order valence-electron chi connectivity index (χ3n) is 2.08. The van der Waals surface area contributed by atoms with Crippen molar-refractivity contribution in [2.45, 2.75) is 0 Å². The number of aromatic carboxylic acids is 1. The molecule has 0 fully saturated rings. The lowest BCUT2D eigenvalue weighted by molar-refractivity contribution is -0.122. The highest BCUT2D eigenvalue weighted by molar-refractivity contribution is 14.1. The minimum absolute atomic E-state index is 0.203. The van der Waals surface area contributed by atoms with Gasteiger partial charge in [0.2, 0.25) is 11.8 Å². The second kappa shape index (κ2) is 6.92. The summed E-state index contributed by atoms with van der Waals surface area (Å²) in [7, 11) is 0. The Morgan fingerprint density at radius 2 is 1.89 bits per heavy atom. The van der Waals surface area contributed by atoms with Crippen LogP contribution in [-0.4, -0.2) is 39.0 Å². The van der Waals surface area contributed by atoms with Gasteiger partial charge in [-0.05, 0) is 18.2 Å². The number of benzene rings is 1. The van der Waals surface area contributed by atoms with Crippen LogP contribution in [-0.2, 0) is 9.59 Å². The topological polar surface area (TPSA) is 116 Å². The average molecular weight is 378 g/mol. The Kier molecular flexibility index (Phi) is 5.55. The number of carbonyl (C=O) groups excluding carboxylic acids is 2. The van der Waals surface area contributed by atoms with Gasteiger partial charge in [-0.2, -0.15) is 0 Å². The molecule has 1 aromatic carbocycles. The normalized spacial score (nSPS) is 9.74. The summed E-state index contributed by atoms with van der Waals surface area (Å²) in [5.41, 5.74) is -0.0852. The summed E-state index contributed by atoms with van der Waals surface area (Å²) < 4.78 is 0.243. The number of carboxylic acid groups (broad SMARTS) is 1. The molecular weight excluding hydrogens is 367 g/mol. The number of hydrogen-bond donors (Lipinski definition) is 4. The van der Waals surface area contributed by atoms with Crippen LogP contribution in [0.2, 0.25) is 0 Å². The molecule has 19 heavy (non-hydrogen) atoms. The number of halogens is 1. The zero-order valence-electron chi connectivity index (χ0n) is 9.64. The molecule has 0 aromatic heterocycles. The summed E-state index contributed by atoms with van der Waals surface area (Å²) in [6, 6.07) is 3.66. The molecular formula is C11H11IN2O5. The van der Waals surface area contributed by atoms with Crippen molar-refractivity contribution in [2.75, 3.05) is 16.3 Å². The first kappa shape index (κ1) is 15.2. The molecule has 102 valence electrons. The molecule has 1 aromatic rings. The number of hydrogen-bond acceptors (Lipinski definition) is 4. The summed E-state index contributed by atoms with van der Waals surface area (Å²) in [6.07, 6.45) is 0. The molecule has 0 aliphatic heterocycles. The molecule has 0 bridgehead atoms. The van der Waals surface area contributed by atoms with E-state index < -0.39 is 11.9 Å². The van der Waals surface area contributed by atoms with E-state index in [1.165, 1.54) is 12.1 Å². The Bertz CT molecular complexity index is 518. The van der Waals surface area contributed by atoms with Crippen molar-refractivity contribution in [3.8, 4) is 5.75 Å². The smallest absolute Gasteiger partial charge is 0.339 e. The van der Waals surface area contributed by atoms with Gasteiger partial charge in [0.25, 0.3) is 0 Å². The van der Waals surface area contributed by atoms with Crippen LogP contribution < -0.4 is 10.6 Å². The molecule has 8 heteroatoms. The van der Waals surface area contributed by atoms with Crippen LogP contribution in [0.25, 0.3) is 0 Å². The number of anilines is 1. The van der Waals surface area contributed by atoms with Crippen LogP contribution in [0.5, 0.6) is 5.75 Å². The van der Waals surface area contributed by atoms with Crippen LogP contribution >= 0.6 is 22.6 Å². The minimum Gasteiger partial charge on any atom is -0.507 e. The van der Waals surface area contributed by atoms with E-state index in [4.69, 9.17) is 5.11 Å². The third kappa shape index (κ3) is 4.73. The highest BCUT2D eigenvalue weighted by Crippen LogP contribution is 2.21. The SMILES string of the molecule is O=C(CI)NCC(=O)Nc1ccc(O)c(C(=O)O)c1. The van der Waals surface area contributed by atoms with Gasteiger partial charge in [-0.25, -0.2) is 4.79 Å². The standard InChI is InChI=1S/C11H11IN2O5/c12-4-9(16)13-5-10(17)14-6-1-2-8(15)7(3-6)11(18)19/h1-3,15H,4-5H2,(H,13,16)(H,14,17)(H,18,19). The van der Waals surface area contributed by atoms with E-state index in [1.54, 1.807) is 0 Å². The van der Waals surface area contributed by atoms with Crippen molar-refractivity contribution in [3.63, 3.8) is 0 Å². The Hall–Kier alpha value is -1.84. The zero-order chi connectivity index (χ0) is 14.4. The number of aromatic hydroxyl groups is 1. The molecule has 2 amide bonds. The quantitative estimate of drug-likeness (QED) is 0.340. The fraction of sp³-hybridized carbons (Fsp3) is 0.182. The summed E-state index contributed by atoms with van der Waals surface area (Å²) in [5.74, 6) is -2.44. The Morgan fingerprint density at radius 3 is 2.47 bits per heavy atom. The summed E-state index contributed by atoms with van der Waals surface area (Å²) >= 11 is 1.86. The second-order valence-corrected chi connectivity index (χ2v) is 4.26. The van der Waals surface area contributed by atoms with Crippen molar-refractivity contribution in [1.29, 1.82) is 0 Å². The van der Waals surface area contributed by atoms with Gasteiger partial charge in [0.05, 0.1) is 11.0 Å². The minimum atomic E-state index is -1.30. The first-order chi connectivity index (χ1) is 8.93. The maximum absolute atomic E-state index is 11.5. The van der Waals surface area contributed by atoms with Gasteiger partial charge in [-0.15, -0.1) is 0 Å². The lowest BCUT2D eigenvalue weighted by Crippen LogP contribution is -2.33. The predicted octanol–water partition coefficient (Wildman–Crippen LogP) is 0.580. The van der Waals surface area contributed by atoms with Crippen molar-refractivity contribution in [1.82, 2.24) is 5.32 Å². The number of rotatable bonds is 5. The fourth-order valence-corrected chi connectivity index (χ4v) is 1.49. The van der Waals surface area contributed by atoms with E-state index >= 15 is 0 Å². The van der Waals surface area contributed by atoms with Crippen LogP contribution in [0.15, 0.2) is 18.2 Å². The van der Waals surface area contributed by atoms with E-state index in [0.29, 0.717) is 0 Å². The molecule has 0 heterocycles. The summed E-state index contributed by atoms with van der Waals surface area (Å²) in [5, 5.41) is 22.9. The first-order valence-corrected chi connectivity index (χ1v) is 6.65. The van der Waals surface area contributed by atoms with Gasteiger partial charge in [-0.3, -0.25) is 9.59 Å². The zero-order valence-corrected chi connectivity index (χ0v) is 11.8. The van der Waals surface area contributed by atoms with Crippen molar-refractivity contribution in [3.05, 3.63) is 23.8 Å². The van der Waals surface area contributed by atoms with Crippen LogP contribution in [0, 0.1) is 0 Å². The van der Waals surface area contributed by atoms with Crippen molar-refractivity contribution in [2.24, 2.45) is 0 Å². The van der Waals surface area contributed by atoms with E-state index in [1.807, 2.05) is 22.6 Å². The van der Waals surface area contributed by atoms with Gasteiger partial charge < -0.3 is 20.8 Å². The van der Waals surface area contributed by atoms with Crippen LogP contribution in [0.4, 0.5) is 5.69 Å². The summed E-state index contributed by atoms with van der Waals surface area (Å²) in [4.78, 5) is 33.2. The summed E-state index contributed by atoms with van der Waals surface area (Å²) in [6.45, 7) is -0.203. The first-order valence-electron chi connectivity index (χ1n) is 5.13. The number of amides is 2. The van der Waals surface area contributed by atoms with Gasteiger partial charge in [-0.1, -0.05) is 22.6 Å². The van der Waals surface area contributed by atoms with E-state index in [9.17, 15) is 19.5 Å². The molecule has 0 aliphatic rings. The van der Waals surface area contributed by atoms with Gasteiger partial charge in [0.1, 0.15) is 11.3 Å². The molecule has 0 aliphatic carbocycles. The van der Waals surface area contributed by atoms with Crippen LogP contribution in [0.1, 0.15) is 10.4 Å². The Balaban J connectivity index is 2.67. The molecule has 4 N–H and O–H groups in total. The molecule has 0 saturated carbocycles. The molecule has 0 spiro atoms. The monoisotopic (exact) mass is 378 g/mol. The van der Waals surface area contributed by atoms with Crippen LogP contribution in [0.3, 0.4) is 0 Å². The lowest BCUT2D eigenvalue weighted by Gasteiger charge is -2.07. The third-order valence-corrected chi connectivity index (χ3v) is 2.77. The molecule has 0 atom stereocenters. The number of nitrogens with one attached hydrogen (secondary N) is 2. The van der Waals surface area contributed by atoms with Crippen molar-refractivity contribution < 1.29 is 24.6 Å². The fourth-order valence-electron chi connectivity index (χ4n) is 1.22. The number of carbonyl (C=O) groups is 3. The predicted molar refractivity (Wildman–Crippen MR) is 75.6 cm³/mol. The van der Waals surface area contributed by atoms with Gasteiger partial charge >= 0.3 is 5.97 Å². The largest absolute Gasteiger partial charge is 0.507 e. The van der Waals surface area contributed by atoms with E-state index in [2.05, 4.69) is 10.6 Å². The lowest BCUT2D eigenvalue weighted by atomic mass is 10.2. The highest BCUT2D eigenvalue weighted by Gasteiger charge is 2.11. The van der Waals surface area contributed by atoms with Gasteiger partial charge in [0, 0.05) is 5.69 Å². The van der Waals surface area contributed by atoms with Crippen molar-refractivity contribution >= 4 is 46.1 Å². The Morgan fingerprint density at radius 1 is 1.21 bits per heavy atom. The van der Waals surface area contributed by atoms with E-state index in [0.717, 1.165) is 6.07 Å². The highest BCUT2D eigenvalue weighted by atomic mass is 127. The molecule has 0 radical (unpaired) electrons. The van der Waals surface area contributed by atoms with Gasteiger partial charge in [0.15, 0.2) is 0 Å². The number of carboxylic acids is 1. The van der Waals surface area contributed by atoms with E-state index in [-0.39, 0.29) is 33.9 Å².